The molecule has 0 aliphatic heterocycles. The van der Waals surface area contributed by atoms with Gasteiger partial charge < -0.3 is 0 Å². The van der Waals surface area contributed by atoms with Gasteiger partial charge in [-0.3, -0.25) is 4.79 Å². The molecule has 0 atom stereocenters. The minimum absolute atomic E-state index is 0.188. The van der Waals surface area contributed by atoms with E-state index >= 15 is 0 Å². The summed E-state index contributed by atoms with van der Waals surface area (Å²) in [4.78, 5) is 11.3. The molecule has 0 heterocycles. The predicted octanol–water partition coefficient (Wildman–Crippen LogP) is 6.61. The molecular formula is C25H33NO. The molecule has 0 amide bonds. The third kappa shape index (κ3) is 7.79. The summed E-state index contributed by atoms with van der Waals surface area (Å²) in [6, 6.07) is 14.9. The van der Waals surface area contributed by atoms with E-state index in [4.69, 9.17) is 5.26 Å². The third-order valence-electron chi connectivity index (χ3n) is 4.78. The fourth-order valence-corrected chi connectivity index (χ4v) is 2.69. The molecule has 2 heteroatoms. The lowest BCUT2D eigenvalue weighted by Crippen LogP contribution is -1.99. The van der Waals surface area contributed by atoms with E-state index in [0.29, 0.717) is 12.8 Å². The van der Waals surface area contributed by atoms with Gasteiger partial charge in [-0.15, -0.1) is 0 Å². The average Bonchev–Trinajstić information content (AvgIpc) is 2.62. The Morgan fingerprint density at radius 1 is 1.00 bits per heavy atom. The molecule has 0 aromatic heterocycles. The summed E-state index contributed by atoms with van der Waals surface area (Å²) in [6.07, 6.45) is 3.16. The Morgan fingerprint density at radius 3 is 1.85 bits per heavy atom. The molecule has 0 N–H and O–H groups in total. The van der Waals surface area contributed by atoms with E-state index in [0.717, 1.165) is 23.5 Å². The van der Waals surface area contributed by atoms with Crippen LogP contribution in [0.5, 0.6) is 0 Å². The number of carbonyl (C=O) groups is 1. The van der Waals surface area contributed by atoms with Crippen molar-refractivity contribution in [1.82, 2.24) is 0 Å². The van der Waals surface area contributed by atoms with Crippen molar-refractivity contribution in [2.24, 2.45) is 5.92 Å². The molecule has 0 unspecified atom stereocenters. The number of nitrogens with zero attached hydrogens (tertiary/aromatic N) is 1. The molecule has 144 valence electrons. The molecule has 0 radical (unpaired) electrons. The van der Waals surface area contributed by atoms with Gasteiger partial charge in [0.1, 0.15) is 5.78 Å². The highest BCUT2D eigenvalue weighted by molar-refractivity contribution is 5.79. The van der Waals surface area contributed by atoms with Gasteiger partial charge >= 0.3 is 0 Å². The zero-order valence-corrected chi connectivity index (χ0v) is 17.7. The summed E-state index contributed by atoms with van der Waals surface area (Å²) < 4.78 is 0. The SMILES string of the molecule is CC(=O)Cc1ccc(-c2ccc(CCC#N)c(C)c2)cc1C.CCC(C)C. The molecule has 0 aliphatic rings. The largest absolute Gasteiger partial charge is 0.300 e. The number of rotatable bonds is 6. The van der Waals surface area contributed by atoms with E-state index in [2.05, 4.69) is 71.0 Å². The van der Waals surface area contributed by atoms with E-state index in [1.165, 1.54) is 28.7 Å². The Morgan fingerprint density at radius 2 is 1.48 bits per heavy atom. The van der Waals surface area contributed by atoms with Crippen LogP contribution in [-0.4, -0.2) is 5.78 Å². The van der Waals surface area contributed by atoms with E-state index in [1.54, 1.807) is 6.92 Å². The first kappa shape index (κ1) is 22.6. The van der Waals surface area contributed by atoms with Crippen molar-refractivity contribution >= 4 is 5.78 Å². The molecular weight excluding hydrogens is 330 g/mol. The molecule has 0 bridgehead atoms. The fourth-order valence-electron chi connectivity index (χ4n) is 2.69. The molecule has 2 rings (SSSR count). The number of benzene rings is 2. The molecule has 0 aliphatic carbocycles. The summed E-state index contributed by atoms with van der Waals surface area (Å²) >= 11 is 0. The van der Waals surface area contributed by atoms with E-state index in [1.807, 2.05) is 6.07 Å². The van der Waals surface area contributed by atoms with Gasteiger partial charge in [0, 0.05) is 12.8 Å². The van der Waals surface area contributed by atoms with Gasteiger partial charge in [-0.05, 0) is 66.5 Å². The monoisotopic (exact) mass is 363 g/mol. The van der Waals surface area contributed by atoms with Gasteiger partial charge in [0.05, 0.1) is 6.07 Å². The van der Waals surface area contributed by atoms with E-state index in [-0.39, 0.29) is 5.78 Å². The lowest BCUT2D eigenvalue weighted by Gasteiger charge is -2.10. The van der Waals surface area contributed by atoms with Crippen molar-refractivity contribution in [3.8, 4) is 17.2 Å². The standard InChI is InChI=1S/C20H21NO.C5H12/c1-14-11-19(8-6-17(14)5-4-10-21)20-9-7-18(13-16(3)22)15(2)12-20;1-4-5(2)3/h6-9,11-12H,4-5,13H2,1-3H3;5H,4H2,1-3H3. The summed E-state index contributed by atoms with van der Waals surface area (Å²) in [6.45, 7) is 12.4. The van der Waals surface area contributed by atoms with E-state index in [9.17, 15) is 4.79 Å². The lowest BCUT2D eigenvalue weighted by molar-refractivity contribution is -0.116. The van der Waals surface area contributed by atoms with Crippen LogP contribution in [0.15, 0.2) is 36.4 Å². The van der Waals surface area contributed by atoms with Crippen LogP contribution < -0.4 is 0 Å². The van der Waals surface area contributed by atoms with Crippen LogP contribution in [0, 0.1) is 31.1 Å². The molecule has 0 saturated heterocycles. The highest BCUT2D eigenvalue weighted by atomic mass is 16.1. The topological polar surface area (TPSA) is 40.9 Å². The number of aryl methyl sites for hydroxylation is 3. The van der Waals surface area contributed by atoms with E-state index < -0.39 is 0 Å². The van der Waals surface area contributed by atoms with Crippen LogP contribution in [0.2, 0.25) is 0 Å². The maximum absolute atomic E-state index is 11.3. The van der Waals surface area contributed by atoms with Gasteiger partial charge in [-0.1, -0.05) is 63.6 Å². The number of hydrogen-bond acceptors (Lipinski definition) is 2. The number of nitriles is 1. The number of ketones is 1. The second-order valence-electron chi connectivity index (χ2n) is 7.62. The maximum atomic E-state index is 11.3. The minimum Gasteiger partial charge on any atom is -0.300 e. The van der Waals surface area contributed by atoms with Crippen molar-refractivity contribution in [3.05, 3.63) is 58.7 Å². The van der Waals surface area contributed by atoms with Crippen LogP contribution in [0.25, 0.3) is 11.1 Å². The lowest BCUT2D eigenvalue weighted by atomic mass is 9.94. The predicted molar refractivity (Wildman–Crippen MR) is 115 cm³/mol. The zero-order chi connectivity index (χ0) is 20.4. The summed E-state index contributed by atoms with van der Waals surface area (Å²) in [7, 11) is 0. The zero-order valence-electron chi connectivity index (χ0n) is 17.7. The maximum Gasteiger partial charge on any atom is 0.134 e. The molecule has 2 aromatic rings. The molecule has 27 heavy (non-hydrogen) atoms. The van der Waals surface area contributed by atoms with Crippen LogP contribution in [-0.2, 0) is 17.6 Å². The molecule has 2 aromatic carbocycles. The van der Waals surface area contributed by atoms with Crippen molar-refractivity contribution in [2.45, 2.75) is 67.2 Å². The average molecular weight is 364 g/mol. The van der Waals surface area contributed by atoms with Gasteiger partial charge in [0.2, 0.25) is 0 Å². The first-order valence-electron chi connectivity index (χ1n) is 9.84. The van der Waals surface area contributed by atoms with Gasteiger partial charge in [-0.2, -0.15) is 5.26 Å². The van der Waals surface area contributed by atoms with Gasteiger partial charge in [0.15, 0.2) is 0 Å². The molecule has 0 saturated carbocycles. The quantitative estimate of drug-likeness (QED) is 0.579. The summed E-state index contributed by atoms with van der Waals surface area (Å²) in [5.74, 6) is 1.07. The molecule has 0 spiro atoms. The number of hydrogen-bond donors (Lipinski definition) is 0. The van der Waals surface area contributed by atoms with Gasteiger partial charge in [0.25, 0.3) is 0 Å². The Hall–Kier alpha value is -2.40. The van der Waals surface area contributed by atoms with Crippen molar-refractivity contribution in [2.75, 3.05) is 0 Å². The number of carbonyl (C=O) groups excluding carboxylic acids is 1. The minimum atomic E-state index is 0.188. The van der Waals surface area contributed by atoms with Gasteiger partial charge in [-0.25, -0.2) is 0 Å². The third-order valence-corrected chi connectivity index (χ3v) is 4.78. The second kappa shape index (κ2) is 11.3. The number of Topliss-reactive ketones (excluding diaryl/α,β-unsaturated/α-hetero) is 1. The van der Waals surface area contributed by atoms with Crippen LogP contribution in [0.4, 0.5) is 0 Å². The first-order valence-corrected chi connectivity index (χ1v) is 9.84. The normalized spacial score (nSPS) is 10.1. The Bertz CT molecular complexity index is 796. The van der Waals surface area contributed by atoms with Crippen LogP contribution >= 0.6 is 0 Å². The van der Waals surface area contributed by atoms with Crippen LogP contribution in [0.3, 0.4) is 0 Å². The summed E-state index contributed by atoms with van der Waals surface area (Å²) in [5.41, 5.74) is 7.04. The van der Waals surface area contributed by atoms with Crippen molar-refractivity contribution in [3.63, 3.8) is 0 Å². The Kier molecular flexibility index (Phi) is 9.51. The van der Waals surface area contributed by atoms with Crippen molar-refractivity contribution < 1.29 is 4.79 Å². The Labute approximate surface area is 165 Å². The second-order valence-corrected chi connectivity index (χ2v) is 7.62. The summed E-state index contributed by atoms with van der Waals surface area (Å²) in [5, 5.41) is 8.70. The smallest absolute Gasteiger partial charge is 0.134 e. The highest BCUT2D eigenvalue weighted by Gasteiger charge is 2.06. The first-order chi connectivity index (χ1) is 12.8. The fraction of sp³-hybridized carbons (Fsp3) is 0.440. The van der Waals surface area contributed by atoms with Crippen LogP contribution in [0.1, 0.15) is 62.8 Å². The molecule has 2 nitrogen and oxygen atoms in total. The highest BCUT2D eigenvalue weighted by Crippen LogP contribution is 2.25. The molecule has 0 fully saturated rings. The Balaban J connectivity index is 0.000000646. The van der Waals surface area contributed by atoms with Crippen molar-refractivity contribution in [1.29, 1.82) is 5.26 Å².